The Morgan fingerprint density at radius 1 is 1.62 bits per heavy atom. The summed E-state index contributed by atoms with van der Waals surface area (Å²) in [5, 5.41) is 8.46. The normalized spacial score (nSPS) is 16.5. The number of hydrogen-bond donors (Lipinski definition) is 2. The van der Waals surface area contributed by atoms with E-state index in [1.54, 1.807) is 0 Å². The van der Waals surface area contributed by atoms with Gasteiger partial charge in [-0.3, -0.25) is 9.59 Å². The van der Waals surface area contributed by atoms with Crippen LogP contribution in [0.5, 0.6) is 0 Å². The van der Waals surface area contributed by atoms with Crippen LogP contribution in [-0.2, 0) is 9.59 Å². The van der Waals surface area contributed by atoms with Gasteiger partial charge >= 0.3 is 5.97 Å². The number of nitrogens with two attached hydrogens (primary N) is 1. The quantitative estimate of drug-likeness (QED) is 0.623. The van der Waals surface area contributed by atoms with Crippen molar-refractivity contribution >= 4 is 34.6 Å². The Morgan fingerprint density at radius 2 is 2.31 bits per heavy atom. The number of nitrogens with zero attached hydrogens (tertiary/aromatic N) is 2. The number of amides is 1. The third kappa shape index (κ3) is 3.24. The maximum Gasteiger partial charge on any atom is 0.313 e. The highest BCUT2D eigenvalue weighted by atomic mass is 32.2. The fourth-order valence-corrected chi connectivity index (χ4v) is 1.28. The molecule has 0 aliphatic carbocycles. The molecule has 0 aromatic heterocycles. The minimum absolute atomic E-state index is 0.0110. The minimum Gasteiger partial charge on any atom is -0.481 e. The number of hydrogen-bond acceptors (Lipinski definition) is 5. The van der Waals surface area contributed by atoms with E-state index in [2.05, 4.69) is 9.98 Å². The predicted octanol–water partition coefficient (Wildman–Crippen LogP) is -0.552. The van der Waals surface area contributed by atoms with Crippen LogP contribution in [0.15, 0.2) is 9.98 Å². The summed E-state index contributed by atoms with van der Waals surface area (Å²) in [6.07, 6.45) is 0.0110. The molecule has 13 heavy (non-hydrogen) atoms. The van der Waals surface area contributed by atoms with E-state index in [1.807, 2.05) is 0 Å². The molecule has 0 spiro atoms. The van der Waals surface area contributed by atoms with Crippen LogP contribution in [0.1, 0.15) is 6.42 Å². The van der Waals surface area contributed by atoms with Crippen molar-refractivity contribution in [2.45, 2.75) is 6.42 Å². The summed E-state index contributed by atoms with van der Waals surface area (Å²) in [6, 6.07) is 0. The molecular formula is C6H7N3O3S. The first-order valence-electron chi connectivity index (χ1n) is 3.37. The molecule has 70 valence electrons. The smallest absolute Gasteiger partial charge is 0.313 e. The summed E-state index contributed by atoms with van der Waals surface area (Å²) < 4.78 is 0. The van der Waals surface area contributed by atoms with Crippen LogP contribution in [-0.4, -0.2) is 33.7 Å². The van der Waals surface area contributed by atoms with Gasteiger partial charge in [0.05, 0.1) is 12.2 Å². The summed E-state index contributed by atoms with van der Waals surface area (Å²) in [6.45, 7) is 0. The molecule has 1 aliphatic rings. The first kappa shape index (κ1) is 9.72. The van der Waals surface area contributed by atoms with E-state index < -0.39 is 5.97 Å². The van der Waals surface area contributed by atoms with E-state index in [0.29, 0.717) is 0 Å². The molecule has 3 N–H and O–H groups in total. The number of thioether (sulfide) groups is 1. The molecule has 6 nitrogen and oxygen atoms in total. The maximum absolute atomic E-state index is 10.8. The number of carbonyl (C=O) groups excluding carboxylic acids is 1. The van der Waals surface area contributed by atoms with Gasteiger partial charge in [0.1, 0.15) is 5.84 Å². The van der Waals surface area contributed by atoms with Gasteiger partial charge in [-0.1, -0.05) is 11.8 Å². The van der Waals surface area contributed by atoms with E-state index >= 15 is 0 Å². The molecule has 0 atom stereocenters. The van der Waals surface area contributed by atoms with E-state index in [1.165, 1.54) is 0 Å². The fourth-order valence-electron chi connectivity index (χ4n) is 0.679. The van der Waals surface area contributed by atoms with E-state index in [0.717, 1.165) is 11.8 Å². The summed E-state index contributed by atoms with van der Waals surface area (Å²) in [4.78, 5) is 28.2. The molecular weight excluding hydrogens is 194 g/mol. The summed E-state index contributed by atoms with van der Waals surface area (Å²) in [5.41, 5.74) is 5.31. The van der Waals surface area contributed by atoms with Crippen LogP contribution in [0, 0.1) is 0 Å². The topological polar surface area (TPSA) is 105 Å². The Hall–Kier alpha value is -1.37. The number of carboxylic acid groups (broad SMARTS) is 1. The standard InChI is InChI=1S/C6H7N3O3S/c7-3-1-4(10)9-6(8-3)13-2-5(11)12/h1-2H2,(H,11,12)(H2,7,8,9,10). The van der Waals surface area contributed by atoms with Crippen molar-refractivity contribution in [3.05, 3.63) is 0 Å². The Bertz CT molecular complexity index is 310. The highest BCUT2D eigenvalue weighted by Crippen LogP contribution is 2.10. The molecule has 0 fully saturated rings. The first-order valence-corrected chi connectivity index (χ1v) is 4.35. The van der Waals surface area contributed by atoms with Crippen LogP contribution >= 0.6 is 11.8 Å². The Kier molecular flexibility index (Phi) is 3.02. The van der Waals surface area contributed by atoms with Crippen LogP contribution in [0.3, 0.4) is 0 Å². The molecule has 1 heterocycles. The van der Waals surface area contributed by atoms with Gasteiger partial charge in [-0.2, -0.15) is 4.99 Å². The third-order valence-electron chi connectivity index (χ3n) is 1.12. The lowest BCUT2D eigenvalue weighted by Gasteiger charge is -2.05. The van der Waals surface area contributed by atoms with Crippen molar-refractivity contribution in [1.29, 1.82) is 0 Å². The van der Waals surface area contributed by atoms with Crippen molar-refractivity contribution in [2.75, 3.05) is 5.75 Å². The number of aliphatic carboxylic acids is 1. The molecule has 0 aromatic carbocycles. The molecule has 1 amide bonds. The second kappa shape index (κ2) is 4.04. The number of aliphatic imine (C=N–C) groups is 2. The van der Waals surface area contributed by atoms with Crippen LogP contribution < -0.4 is 5.73 Å². The van der Waals surface area contributed by atoms with Crippen molar-refractivity contribution < 1.29 is 14.7 Å². The molecule has 1 aliphatic heterocycles. The fraction of sp³-hybridized carbons (Fsp3) is 0.333. The Balaban J connectivity index is 2.59. The van der Waals surface area contributed by atoms with Crippen LogP contribution in [0.4, 0.5) is 0 Å². The van der Waals surface area contributed by atoms with E-state index in [-0.39, 0.29) is 29.1 Å². The number of carbonyl (C=O) groups is 2. The second-order valence-electron chi connectivity index (χ2n) is 2.25. The maximum atomic E-state index is 10.8. The van der Waals surface area contributed by atoms with Crippen LogP contribution in [0.2, 0.25) is 0 Å². The molecule has 0 saturated heterocycles. The first-order chi connectivity index (χ1) is 6.08. The van der Waals surface area contributed by atoms with Crippen molar-refractivity contribution in [3.8, 4) is 0 Å². The Morgan fingerprint density at radius 3 is 2.85 bits per heavy atom. The zero-order valence-electron chi connectivity index (χ0n) is 6.56. The highest BCUT2D eigenvalue weighted by Gasteiger charge is 2.13. The average Bonchev–Trinajstić information content (AvgIpc) is 1.99. The van der Waals surface area contributed by atoms with E-state index in [9.17, 15) is 9.59 Å². The zero-order chi connectivity index (χ0) is 9.84. The SMILES string of the molecule is NC1=NC(SCC(=O)O)=NC(=O)C1. The summed E-state index contributed by atoms with van der Waals surface area (Å²) in [7, 11) is 0. The van der Waals surface area contributed by atoms with Gasteiger partial charge in [0.2, 0.25) is 0 Å². The lowest BCUT2D eigenvalue weighted by Crippen LogP contribution is -2.22. The monoisotopic (exact) mass is 201 g/mol. The van der Waals surface area contributed by atoms with Gasteiger partial charge in [0, 0.05) is 0 Å². The highest BCUT2D eigenvalue weighted by molar-refractivity contribution is 8.14. The van der Waals surface area contributed by atoms with Gasteiger partial charge in [0.25, 0.3) is 5.91 Å². The average molecular weight is 201 g/mol. The summed E-state index contributed by atoms with van der Waals surface area (Å²) >= 11 is 0.875. The van der Waals surface area contributed by atoms with Crippen molar-refractivity contribution in [3.63, 3.8) is 0 Å². The van der Waals surface area contributed by atoms with E-state index in [4.69, 9.17) is 10.8 Å². The van der Waals surface area contributed by atoms with Gasteiger partial charge < -0.3 is 10.8 Å². The van der Waals surface area contributed by atoms with Crippen LogP contribution in [0.25, 0.3) is 0 Å². The zero-order valence-corrected chi connectivity index (χ0v) is 7.37. The second-order valence-corrected chi connectivity index (χ2v) is 3.19. The predicted molar refractivity (Wildman–Crippen MR) is 48.8 cm³/mol. The van der Waals surface area contributed by atoms with Gasteiger partial charge in [-0.05, 0) is 0 Å². The van der Waals surface area contributed by atoms with Gasteiger partial charge in [0.15, 0.2) is 5.17 Å². The molecule has 0 radical (unpaired) electrons. The lowest BCUT2D eigenvalue weighted by molar-refractivity contribution is -0.133. The summed E-state index contributed by atoms with van der Waals surface area (Å²) in [5.74, 6) is -1.38. The molecule has 0 saturated carbocycles. The molecule has 1 rings (SSSR count). The number of rotatable bonds is 2. The molecule has 0 bridgehead atoms. The minimum atomic E-state index is -0.987. The van der Waals surface area contributed by atoms with Crippen molar-refractivity contribution in [2.24, 2.45) is 15.7 Å². The largest absolute Gasteiger partial charge is 0.481 e. The number of carboxylic acids is 1. The van der Waals surface area contributed by atoms with Gasteiger partial charge in [-0.25, -0.2) is 4.99 Å². The third-order valence-corrected chi connectivity index (χ3v) is 1.95. The molecule has 7 heteroatoms. The Labute approximate surface area is 77.9 Å². The van der Waals surface area contributed by atoms with Gasteiger partial charge in [-0.15, -0.1) is 0 Å². The molecule has 0 unspecified atom stereocenters. The number of amidine groups is 2. The van der Waals surface area contributed by atoms with Crippen molar-refractivity contribution in [1.82, 2.24) is 0 Å². The lowest BCUT2D eigenvalue weighted by atomic mass is 10.4. The molecule has 0 aromatic rings.